The molecular formula is C11H17N3O2S2. The minimum absolute atomic E-state index is 0.112. The maximum Gasteiger partial charge on any atom is 0.182 e. The Morgan fingerprint density at radius 2 is 2.17 bits per heavy atom. The van der Waals surface area contributed by atoms with Crippen LogP contribution in [0, 0.1) is 11.3 Å². The summed E-state index contributed by atoms with van der Waals surface area (Å²) < 4.78 is 27.3. The van der Waals surface area contributed by atoms with E-state index in [-0.39, 0.29) is 10.7 Å². The molecule has 1 heterocycles. The Balaban J connectivity index is 1.77. The first kappa shape index (κ1) is 12.2. The third kappa shape index (κ3) is 2.09. The predicted octanol–water partition coefficient (Wildman–Crippen LogP) is 1.73. The normalized spacial score (nSPS) is 21.8. The Labute approximate surface area is 111 Å². The second kappa shape index (κ2) is 3.84. The minimum Gasteiger partial charge on any atom is -0.382 e. The Morgan fingerprint density at radius 1 is 1.50 bits per heavy atom. The largest absolute Gasteiger partial charge is 0.382 e. The van der Waals surface area contributed by atoms with E-state index in [1.54, 1.807) is 0 Å². The van der Waals surface area contributed by atoms with Gasteiger partial charge in [-0.15, -0.1) is 0 Å². The third-order valence-corrected chi connectivity index (χ3v) is 6.08. The zero-order valence-corrected chi connectivity index (χ0v) is 11.9. The fourth-order valence-electron chi connectivity index (χ4n) is 2.61. The number of aromatic nitrogens is 1. The van der Waals surface area contributed by atoms with Gasteiger partial charge in [0.1, 0.15) is 9.90 Å². The van der Waals surface area contributed by atoms with Crippen LogP contribution < -0.4 is 11.1 Å². The molecule has 5 nitrogen and oxygen atoms in total. The molecule has 0 radical (unpaired) electrons. The van der Waals surface area contributed by atoms with Crippen molar-refractivity contribution < 1.29 is 8.42 Å². The van der Waals surface area contributed by atoms with Crippen LogP contribution in [0.15, 0.2) is 4.90 Å². The average Bonchev–Trinajstić information content (AvgIpc) is 3.13. The Kier molecular flexibility index (Phi) is 2.60. The van der Waals surface area contributed by atoms with Crippen LogP contribution in [-0.4, -0.2) is 25.6 Å². The predicted molar refractivity (Wildman–Crippen MR) is 72.5 cm³/mol. The molecule has 3 rings (SSSR count). The number of hydrogen-bond acceptors (Lipinski definition) is 6. The number of nitrogens with zero attached hydrogens (tertiary/aromatic N) is 1. The lowest BCUT2D eigenvalue weighted by Crippen LogP contribution is -2.18. The highest BCUT2D eigenvalue weighted by molar-refractivity contribution is 7.91. The van der Waals surface area contributed by atoms with Crippen LogP contribution in [0.4, 0.5) is 10.8 Å². The second-order valence-corrected chi connectivity index (χ2v) is 8.21. The average molecular weight is 287 g/mol. The number of hydrogen-bond donors (Lipinski definition) is 2. The third-order valence-electron chi connectivity index (χ3n) is 3.98. The first-order chi connectivity index (χ1) is 8.42. The molecule has 1 aromatic heterocycles. The van der Waals surface area contributed by atoms with Gasteiger partial charge in [0, 0.05) is 12.8 Å². The summed E-state index contributed by atoms with van der Waals surface area (Å²) >= 11 is 1.14. The highest BCUT2D eigenvalue weighted by Gasteiger charge is 2.53. The zero-order chi connectivity index (χ0) is 13.0. The molecule has 0 bridgehead atoms. The van der Waals surface area contributed by atoms with Crippen molar-refractivity contribution in [1.29, 1.82) is 0 Å². The van der Waals surface area contributed by atoms with Crippen molar-refractivity contribution >= 4 is 32.2 Å². The van der Waals surface area contributed by atoms with Crippen molar-refractivity contribution in [1.82, 2.24) is 4.37 Å². The zero-order valence-electron chi connectivity index (χ0n) is 10.3. The molecule has 2 saturated carbocycles. The molecule has 0 unspecified atom stereocenters. The van der Waals surface area contributed by atoms with Gasteiger partial charge in [0.15, 0.2) is 15.7 Å². The summed E-state index contributed by atoms with van der Waals surface area (Å²) in [5.41, 5.74) is 6.06. The number of nitrogens with two attached hydrogens (primary N) is 1. The summed E-state index contributed by atoms with van der Waals surface area (Å²) in [6.45, 7) is 0.849. The molecule has 100 valence electrons. The second-order valence-electron chi connectivity index (χ2n) is 5.49. The summed E-state index contributed by atoms with van der Waals surface area (Å²) in [5, 5.41) is 3.86. The van der Waals surface area contributed by atoms with Crippen LogP contribution >= 0.6 is 11.5 Å². The molecule has 2 aliphatic rings. The van der Waals surface area contributed by atoms with Crippen LogP contribution in [0.2, 0.25) is 0 Å². The lowest BCUT2D eigenvalue weighted by molar-refractivity contribution is 0.467. The van der Waals surface area contributed by atoms with E-state index in [4.69, 9.17) is 5.73 Å². The summed E-state index contributed by atoms with van der Waals surface area (Å²) in [7, 11) is -3.31. The fourth-order valence-corrected chi connectivity index (χ4v) is 4.67. The van der Waals surface area contributed by atoms with Crippen molar-refractivity contribution in [2.24, 2.45) is 11.3 Å². The van der Waals surface area contributed by atoms with E-state index >= 15 is 0 Å². The quantitative estimate of drug-likeness (QED) is 0.861. The van der Waals surface area contributed by atoms with Gasteiger partial charge in [-0.1, -0.05) is 0 Å². The molecule has 0 aliphatic heterocycles. The van der Waals surface area contributed by atoms with Crippen LogP contribution in [0.25, 0.3) is 0 Å². The molecule has 0 saturated heterocycles. The van der Waals surface area contributed by atoms with Gasteiger partial charge in [0.25, 0.3) is 0 Å². The number of nitrogens with one attached hydrogen (secondary N) is 1. The number of sulfone groups is 1. The Morgan fingerprint density at radius 3 is 2.67 bits per heavy atom. The number of anilines is 2. The smallest absolute Gasteiger partial charge is 0.182 e. The molecule has 2 fully saturated rings. The van der Waals surface area contributed by atoms with Gasteiger partial charge in [-0.25, -0.2) is 8.42 Å². The van der Waals surface area contributed by atoms with Crippen LogP contribution in [0.5, 0.6) is 0 Å². The molecule has 2 aliphatic carbocycles. The van der Waals surface area contributed by atoms with Gasteiger partial charge in [0.2, 0.25) is 0 Å². The first-order valence-electron chi connectivity index (χ1n) is 6.11. The first-order valence-corrected chi connectivity index (χ1v) is 8.78. The van der Waals surface area contributed by atoms with E-state index in [9.17, 15) is 8.42 Å². The van der Waals surface area contributed by atoms with Crippen LogP contribution in [0.3, 0.4) is 0 Å². The summed E-state index contributed by atoms with van der Waals surface area (Å²) in [4.78, 5) is 0.166. The molecular weight excluding hydrogens is 270 g/mol. The Hall–Kier alpha value is -0.820. The van der Waals surface area contributed by atoms with Crippen molar-refractivity contribution in [2.75, 3.05) is 23.9 Å². The molecule has 7 heteroatoms. The highest BCUT2D eigenvalue weighted by atomic mass is 32.2. The fraction of sp³-hybridized carbons (Fsp3) is 0.727. The van der Waals surface area contributed by atoms with E-state index in [0.29, 0.717) is 10.4 Å². The SMILES string of the molecule is CS(=O)(=O)c1c(N)nsc1NCC1(C2CC2)CC1. The highest BCUT2D eigenvalue weighted by Crippen LogP contribution is 2.61. The van der Waals surface area contributed by atoms with E-state index in [0.717, 1.165) is 24.0 Å². The van der Waals surface area contributed by atoms with Gasteiger partial charge in [-0.05, 0) is 48.5 Å². The molecule has 18 heavy (non-hydrogen) atoms. The maximum atomic E-state index is 11.7. The monoisotopic (exact) mass is 287 g/mol. The summed E-state index contributed by atoms with van der Waals surface area (Å²) in [5.74, 6) is 0.957. The molecule has 0 spiro atoms. The van der Waals surface area contributed by atoms with Crippen molar-refractivity contribution in [3.63, 3.8) is 0 Å². The molecule has 1 aromatic rings. The van der Waals surface area contributed by atoms with Crippen LogP contribution in [0.1, 0.15) is 25.7 Å². The van der Waals surface area contributed by atoms with E-state index in [2.05, 4.69) is 9.69 Å². The molecule has 0 amide bonds. The molecule has 0 atom stereocenters. The van der Waals surface area contributed by atoms with Gasteiger partial charge >= 0.3 is 0 Å². The topological polar surface area (TPSA) is 85.1 Å². The van der Waals surface area contributed by atoms with Crippen molar-refractivity contribution in [3.05, 3.63) is 0 Å². The number of rotatable bonds is 5. The summed E-state index contributed by atoms with van der Waals surface area (Å²) in [6, 6.07) is 0. The van der Waals surface area contributed by atoms with Gasteiger partial charge in [0.05, 0.1) is 0 Å². The van der Waals surface area contributed by atoms with Crippen molar-refractivity contribution in [3.8, 4) is 0 Å². The lowest BCUT2D eigenvalue weighted by Gasteiger charge is -2.15. The standard InChI is InChI=1S/C11H17N3O2S2/c1-18(15,16)8-9(12)14-17-10(8)13-6-11(4-5-11)7-2-3-7/h7,13H,2-6H2,1H3,(H2,12,14). The van der Waals surface area contributed by atoms with E-state index < -0.39 is 9.84 Å². The van der Waals surface area contributed by atoms with E-state index in [1.165, 1.54) is 31.9 Å². The summed E-state index contributed by atoms with van der Waals surface area (Å²) in [6.07, 6.45) is 6.34. The van der Waals surface area contributed by atoms with E-state index in [1.807, 2.05) is 0 Å². The van der Waals surface area contributed by atoms with Gasteiger partial charge < -0.3 is 11.1 Å². The maximum absolute atomic E-state index is 11.7. The van der Waals surface area contributed by atoms with Gasteiger partial charge in [-0.3, -0.25) is 0 Å². The molecule has 0 aromatic carbocycles. The Bertz CT molecular complexity index is 571. The molecule has 3 N–H and O–H groups in total. The van der Waals surface area contributed by atoms with Crippen LogP contribution in [-0.2, 0) is 9.84 Å². The van der Waals surface area contributed by atoms with Crippen molar-refractivity contribution in [2.45, 2.75) is 30.6 Å². The lowest BCUT2D eigenvalue weighted by atomic mass is 10.0. The number of nitrogen functional groups attached to an aromatic ring is 1. The van der Waals surface area contributed by atoms with Gasteiger partial charge in [-0.2, -0.15) is 4.37 Å². The minimum atomic E-state index is -3.31.